The van der Waals surface area contributed by atoms with Crippen molar-refractivity contribution in [2.24, 2.45) is 5.92 Å². The van der Waals surface area contributed by atoms with Crippen molar-refractivity contribution in [1.82, 2.24) is 0 Å². The first-order valence-electron chi connectivity index (χ1n) is 4.74. The first kappa shape index (κ1) is 10.6. The number of hydrogen-bond donors (Lipinski definition) is 1. The lowest BCUT2D eigenvalue weighted by Gasteiger charge is -2.11. The quantitative estimate of drug-likeness (QED) is 0.605. The summed E-state index contributed by atoms with van der Waals surface area (Å²) in [6.07, 6.45) is 0. The van der Waals surface area contributed by atoms with Gasteiger partial charge in [0.25, 0.3) is 0 Å². The molecule has 84 valence electrons. The van der Waals surface area contributed by atoms with Gasteiger partial charge >= 0.3 is 11.9 Å². The van der Waals surface area contributed by atoms with Gasteiger partial charge in [-0.2, -0.15) is 0 Å². The van der Waals surface area contributed by atoms with E-state index in [9.17, 15) is 14.0 Å². The highest BCUT2D eigenvalue weighted by atomic mass is 19.1. The first-order chi connectivity index (χ1) is 7.59. The number of rotatable bonds is 2. The van der Waals surface area contributed by atoms with Crippen LogP contribution in [0.4, 0.5) is 4.39 Å². The van der Waals surface area contributed by atoms with Gasteiger partial charge in [0.05, 0.1) is 6.61 Å². The Hall–Kier alpha value is -1.91. The SMILES string of the molecule is O=C(O)[C@@H]1C(=O)OC[C@H]1c1cccc(F)c1. The molecule has 0 spiro atoms. The van der Waals surface area contributed by atoms with Crippen LogP contribution in [0, 0.1) is 11.7 Å². The molecule has 0 radical (unpaired) electrons. The maximum absolute atomic E-state index is 13.0. The first-order valence-corrected chi connectivity index (χ1v) is 4.74. The van der Waals surface area contributed by atoms with Crippen molar-refractivity contribution in [3.8, 4) is 0 Å². The average molecular weight is 224 g/mol. The fourth-order valence-corrected chi connectivity index (χ4v) is 1.82. The second kappa shape index (κ2) is 3.92. The highest BCUT2D eigenvalue weighted by molar-refractivity contribution is 5.96. The molecule has 0 saturated carbocycles. The third kappa shape index (κ3) is 1.76. The fraction of sp³-hybridized carbons (Fsp3) is 0.273. The Kier molecular flexibility index (Phi) is 2.60. The van der Waals surface area contributed by atoms with Gasteiger partial charge in [0.2, 0.25) is 0 Å². The van der Waals surface area contributed by atoms with Gasteiger partial charge < -0.3 is 9.84 Å². The predicted molar refractivity (Wildman–Crippen MR) is 51.2 cm³/mol. The van der Waals surface area contributed by atoms with Gasteiger partial charge in [-0.1, -0.05) is 12.1 Å². The van der Waals surface area contributed by atoms with E-state index in [1.807, 2.05) is 0 Å². The Morgan fingerprint density at radius 2 is 2.25 bits per heavy atom. The Morgan fingerprint density at radius 3 is 2.88 bits per heavy atom. The van der Waals surface area contributed by atoms with E-state index in [0.29, 0.717) is 5.56 Å². The molecule has 1 aliphatic heterocycles. The van der Waals surface area contributed by atoms with Gasteiger partial charge in [-0.25, -0.2) is 4.39 Å². The summed E-state index contributed by atoms with van der Waals surface area (Å²) in [5.74, 6) is -4.30. The molecule has 1 saturated heterocycles. The lowest BCUT2D eigenvalue weighted by atomic mass is 9.88. The molecule has 0 unspecified atom stereocenters. The van der Waals surface area contributed by atoms with Crippen molar-refractivity contribution < 1.29 is 23.8 Å². The summed E-state index contributed by atoms with van der Waals surface area (Å²) in [5.41, 5.74) is 0.471. The number of cyclic esters (lactones) is 1. The van der Waals surface area contributed by atoms with Gasteiger partial charge in [-0.05, 0) is 17.7 Å². The summed E-state index contributed by atoms with van der Waals surface area (Å²) in [7, 11) is 0. The molecule has 1 aromatic carbocycles. The normalized spacial score (nSPS) is 24.2. The second-order valence-electron chi connectivity index (χ2n) is 3.61. The maximum Gasteiger partial charge on any atom is 0.321 e. The van der Waals surface area contributed by atoms with Crippen LogP contribution in [-0.2, 0) is 14.3 Å². The third-order valence-corrected chi connectivity index (χ3v) is 2.60. The Labute approximate surface area is 90.6 Å². The number of halogens is 1. The molecule has 0 aliphatic carbocycles. The van der Waals surface area contributed by atoms with Crippen molar-refractivity contribution in [3.63, 3.8) is 0 Å². The standard InChI is InChI=1S/C11H9FO4/c12-7-3-1-2-6(4-7)8-5-16-11(15)9(8)10(13)14/h1-4,8-9H,5H2,(H,13,14)/t8-,9+/m0/s1. The van der Waals surface area contributed by atoms with Crippen LogP contribution >= 0.6 is 0 Å². The van der Waals surface area contributed by atoms with E-state index in [-0.39, 0.29) is 6.61 Å². The van der Waals surface area contributed by atoms with Crippen molar-refractivity contribution in [2.45, 2.75) is 5.92 Å². The topological polar surface area (TPSA) is 63.6 Å². The zero-order valence-electron chi connectivity index (χ0n) is 8.22. The van der Waals surface area contributed by atoms with Crippen LogP contribution < -0.4 is 0 Å². The van der Waals surface area contributed by atoms with Crippen molar-refractivity contribution in [3.05, 3.63) is 35.6 Å². The van der Waals surface area contributed by atoms with Gasteiger partial charge in [0.1, 0.15) is 5.82 Å². The summed E-state index contributed by atoms with van der Waals surface area (Å²) < 4.78 is 17.7. The van der Waals surface area contributed by atoms with Gasteiger partial charge in [0, 0.05) is 5.92 Å². The summed E-state index contributed by atoms with van der Waals surface area (Å²) in [6.45, 7) is -0.0146. The van der Waals surface area contributed by atoms with Crippen LogP contribution in [0.25, 0.3) is 0 Å². The van der Waals surface area contributed by atoms with E-state index in [0.717, 1.165) is 0 Å². The lowest BCUT2D eigenvalue weighted by Crippen LogP contribution is -2.24. The van der Waals surface area contributed by atoms with E-state index >= 15 is 0 Å². The molecular weight excluding hydrogens is 215 g/mol. The van der Waals surface area contributed by atoms with Crippen LogP contribution in [0.15, 0.2) is 24.3 Å². The number of benzene rings is 1. The van der Waals surface area contributed by atoms with Crippen LogP contribution in [0.3, 0.4) is 0 Å². The molecule has 0 aromatic heterocycles. The van der Waals surface area contributed by atoms with Gasteiger partial charge in [-0.3, -0.25) is 9.59 Å². The average Bonchev–Trinajstić information content (AvgIpc) is 2.60. The summed E-state index contributed by atoms with van der Waals surface area (Å²) in [5, 5.41) is 8.89. The number of carbonyl (C=O) groups excluding carboxylic acids is 1. The number of carboxylic acid groups (broad SMARTS) is 1. The Bertz CT molecular complexity index is 443. The number of ether oxygens (including phenoxy) is 1. The smallest absolute Gasteiger partial charge is 0.321 e. The molecule has 1 N–H and O–H groups in total. The Balaban J connectivity index is 2.34. The maximum atomic E-state index is 13.0. The minimum Gasteiger partial charge on any atom is -0.481 e. The van der Waals surface area contributed by atoms with E-state index in [4.69, 9.17) is 9.84 Å². The molecular formula is C11H9FO4. The van der Waals surface area contributed by atoms with E-state index in [1.165, 1.54) is 18.2 Å². The monoisotopic (exact) mass is 224 g/mol. The summed E-state index contributed by atoms with van der Waals surface area (Å²) in [6, 6.07) is 5.55. The third-order valence-electron chi connectivity index (χ3n) is 2.60. The highest BCUT2D eigenvalue weighted by Gasteiger charge is 2.43. The predicted octanol–water partition coefficient (Wildman–Crippen LogP) is 1.17. The van der Waals surface area contributed by atoms with Crippen LogP contribution in [0.1, 0.15) is 11.5 Å². The minimum absolute atomic E-state index is 0.0146. The number of hydrogen-bond acceptors (Lipinski definition) is 3. The minimum atomic E-state index is -1.24. The fourth-order valence-electron chi connectivity index (χ4n) is 1.82. The largest absolute Gasteiger partial charge is 0.481 e. The molecule has 1 aromatic rings. The van der Waals surface area contributed by atoms with Crippen molar-refractivity contribution >= 4 is 11.9 Å². The second-order valence-corrected chi connectivity index (χ2v) is 3.61. The van der Waals surface area contributed by atoms with E-state index in [1.54, 1.807) is 6.07 Å². The molecule has 5 heteroatoms. The lowest BCUT2D eigenvalue weighted by molar-refractivity contribution is -0.152. The van der Waals surface area contributed by atoms with Crippen molar-refractivity contribution in [2.75, 3.05) is 6.61 Å². The van der Waals surface area contributed by atoms with Crippen LogP contribution in [-0.4, -0.2) is 23.7 Å². The van der Waals surface area contributed by atoms with Gasteiger partial charge in [-0.15, -0.1) is 0 Å². The molecule has 0 bridgehead atoms. The number of carbonyl (C=O) groups is 2. The number of esters is 1. The molecule has 1 fully saturated rings. The van der Waals surface area contributed by atoms with E-state index < -0.39 is 29.6 Å². The zero-order chi connectivity index (χ0) is 11.7. The summed E-state index contributed by atoms with van der Waals surface area (Å²) in [4.78, 5) is 22.1. The summed E-state index contributed by atoms with van der Waals surface area (Å²) >= 11 is 0. The van der Waals surface area contributed by atoms with Crippen molar-refractivity contribution in [1.29, 1.82) is 0 Å². The molecule has 2 rings (SSSR count). The van der Waals surface area contributed by atoms with Crippen LogP contribution in [0.2, 0.25) is 0 Å². The number of carboxylic acids is 1. The Morgan fingerprint density at radius 1 is 1.50 bits per heavy atom. The van der Waals surface area contributed by atoms with E-state index in [2.05, 4.69) is 0 Å². The molecule has 0 amide bonds. The molecule has 16 heavy (non-hydrogen) atoms. The zero-order valence-corrected chi connectivity index (χ0v) is 8.22. The highest BCUT2D eigenvalue weighted by Crippen LogP contribution is 2.32. The molecule has 4 nitrogen and oxygen atoms in total. The van der Waals surface area contributed by atoms with Crippen LogP contribution in [0.5, 0.6) is 0 Å². The number of aliphatic carboxylic acids is 1. The van der Waals surface area contributed by atoms with Gasteiger partial charge in [0.15, 0.2) is 5.92 Å². The molecule has 1 heterocycles. The molecule has 2 atom stereocenters. The molecule has 1 aliphatic rings.